The third-order valence-electron chi connectivity index (χ3n) is 7.16. The topological polar surface area (TPSA) is 96.0 Å². The van der Waals surface area contributed by atoms with Crippen LogP contribution < -0.4 is 14.4 Å². The Bertz CT molecular complexity index is 1210. The SMILES string of the molecule is CC[C@@H](C(=O)NC1CCCCC1)N(Cc1ccc(OC)cc1)C(=O)CN(c1cc(C)ccc1C)S(C)(=O)=O. The average Bonchev–Trinajstić information content (AvgIpc) is 2.89. The van der Waals surface area contributed by atoms with E-state index in [-0.39, 0.29) is 18.5 Å². The molecule has 0 aromatic heterocycles. The minimum atomic E-state index is -3.77. The van der Waals surface area contributed by atoms with E-state index in [4.69, 9.17) is 4.74 Å². The Kier molecular flexibility index (Phi) is 10.2. The van der Waals surface area contributed by atoms with Gasteiger partial charge < -0.3 is 15.0 Å². The number of amides is 2. The number of nitrogens with one attached hydrogen (secondary N) is 1. The van der Waals surface area contributed by atoms with Gasteiger partial charge >= 0.3 is 0 Å². The number of ether oxygens (including phenoxy) is 1. The summed E-state index contributed by atoms with van der Waals surface area (Å²) in [6.45, 7) is 5.34. The van der Waals surface area contributed by atoms with E-state index >= 15 is 0 Å². The Morgan fingerprint density at radius 1 is 1.05 bits per heavy atom. The average molecular weight is 544 g/mol. The van der Waals surface area contributed by atoms with Gasteiger partial charge in [0.2, 0.25) is 21.8 Å². The van der Waals surface area contributed by atoms with E-state index in [1.165, 1.54) is 11.3 Å². The van der Waals surface area contributed by atoms with Crippen molar-refractivity contribution < 1.29 is 22.7 Å². The van der Waals surface area contributed by atoms with Crippen LogP contribution in [-0.2, 0) is 26.2 Å². The molecule has 9 heteroatoms. The van der Waals surface area contributed by atoms with E-state index < -0.39 is 28.5 Å². The number of rotatable bonds is 11. The molecule has 1 saturated carbocycles. The maximum atomic E-state index is 13.9. The number of nitrogens with zero attached hydrogens (tertiary/aromatic N) is 2. The second-order valence-corrected chi connectivity index (χ2v) is 12.1. The fourth-order valence-corrected chi connectivity index (χ4v) is 5.87. The minimum Gasteiger partial charge on any atom is -0.497 e. The predicted molar refractivity (Wildman–Crippen MR) is 151 cm³/mol. The molecule has 1 atom stereocenters. The first-order chi connectivity index (χ1) is 18.0. The Morgan fingerprint density at radius 2 is 1.71 bits per heavy atom. The lowest BCUT2D eigenvalue weighted by molar-refractivity contribution is -0.140. The summed E-state index contributed by atoms with van der Waals surface area (Å²) in [6.07, 6.45) is 6.70. The Hall–Kier alpha value is -3.07. The fraction of sp³-hybridized carbons (Fsp3) is 0.517. The standard InChI is InChI=1S/C29H41N3O5S/c1-6-26(29(34)30-24-10-8-7-9-11-24)31(19-23-14-16-25(37-4)17-15-23)28(33)20-32(38(5,35)36)27-18-21(2)12-13-22(27)3/h12-18,24,26H,6-11,19-20H2,1-5H3,(H,30,34)/t26-/m0/s1. The first-order valence-corrected chi connectivity index (χ1v) is 15.2. The van der Waals surface area contributed by atoms with Gasteiger partial charge in [-0.25, -0.2) is 8.42 Å². The summed E-state index contributed by atoms with van der Waals surface area (Å²) in [7, 11) is -2.19. The number of hydrogen-bond acceptors (Lipinski definition) is 5. The molecule has 2 aromatic rings. The molecule has 3 rings (SSSR count). The third kappa shape index (κ3) is 7.72. The zero-order valence-corrected chi connectivity index (χ0v) is 24.0. The molecule has 0 bridgehead atoms. The van der Waals surface area contributed by atoms with Gasteiger partial charge in [-0.3, -0.25) is 13.9 Å². The van der Waals surface area contributed by atoms with Gasteiger partial charge in [-0.05, 0) is 68.0 Å². The van der Waals surface area contributed by atoms with Gasteiger partial charge in [0.25, 0.3) is 0 Å². The molecular formula is C29H41N3O5S. The molecule has 0 saturated heterocycles. The molecule has 0 aliphatic heterocycles. The molecule has 1 aliphatic rings. The van der Waals surface area contributed by atoms with Crippen molar-refractivity contribution in [2.45, 2.75) is 77.9 Å². The Labute approximate surface area is 227 Å². The lowest BCUT2D eigenvalue weighted by Gasteiger charge is -2.34. The van der Waals surface area contributed by atoms with Gasteiger partial charge in [0, 0.05) is 12.6 Å². The molecular weight excluding hydrogens is 502 g/mol. The van der Waals surface area contributed by atoms with E-state index in [2.05, 4.69) is 5.32 Å². The summed E-state index contributed by atoms with van der Waals surface area (Å²) < 4.78 is 32.2. The number of carbonyl (C=O) groups excluding carboxylic acids is 2. The van der Waals surface area contributed by atoms with E-state index in [1.807, 2.05) is 45.0 Å². The maximum Gasteiger partial charge on any atom is 0.244 e. The lowest BCUT2D eigenvalue weighted by Crippen LogP contribution is -2.54. The number of benzene rings is 2. The number of anilines is 1. The van der Waals surface area contributed by atoms with Crippen LogP contribution in [0, 0.1) is 13.8 Å². The highest BCUT2D eigenvalue weighted by Gasteiger charge is 2.33. The van der Waals surface area contributed by atoms with Crippen molar-refractivity contribution in [3.63, 3.8) is 0 Å². The minimum absolute atomic E-state index is 0.103. The molecule has 2 amide bonds. The highest BCUT2D eigenvalue weighted by molar-refractivity contribution is 7.92. The van der Waals surface area contributed by atoms with Gasteiger partial charge in [-0.1, -0.05) is 50.5 Å². The van der Waals surface area contributed by atoms with Crippen molar-refractivity contribution in [3.8, 4) is 5.75 Å². The van der Waals surface area contributed by atoms with Crippen molar-refractivity contribution in [3.05, 3.63) is 59.2 Å². The van der Waals surface area contributed by atoms with E-state index in [1.54, 1.807) is 25.3 Å². The molecule has 0 spiro atoms. The molecule has 208 valence electrons. The summed E-state index contributed by atoms with van der Waals surface area (Å²) in [6, 6.07) is 12.2. The van der Waals surface area contributed by atoms with Gasteiger partial charge in [-0.15, -0.1) is 0 Å². The van der Waals surface area contributed by atoms with Gasteiger partial charge in [0.1, 0.15) is 18.3 Å². The van der Waals surface area contributed by atoms with Gasteiger partial charge in [0.15, 0.2) is 0 Å². The summed E-state index contributed by atoms with van der Waals surface area (Å²) in [5.41, 5.74) is 2.92. The van der Waals surface area contributed by atoms with Crippen LogP contribution in [0.1, 0.15) is 62.1 Å². The van der Waals surface area contributed by atoms with E-state index in [9.17, 15) is 18.0 Å². The molecule has 1 N–H and O–H groups in total. The maximum absolute atomic E-state index is 13.9. The number of hydrogen-bond donors (Lipinski definition) is 1. The van der Waals surface area contributed by atoms with Crippen molar-refractivity contribution in [2.75, 3.05) is 24.2 Å². The van der Waals surface area contributed by atoms with Crippen LogP contribution in [0.25, 0.3) is 0 Å². The zero-order chi connectivity index (χ0) is 27.9. The number of sulfonamides is 1. The highest BCUT2D eigenvalue weighted by atomic mass is 32.2. The Morgan fingerprint density at radius 3 is 2.29 bits per heavy atom. The normalized spacial score (nSPS) is 15.0. The summed E-state index contributed by atoms with van der Waals surface area (Å²) in [4.78, 5) is 28.9. The van der Waals surface area contributed by atoms with Crippen molar-refractivity contribution in [1.29, 1.82) is 0 Å². The zero-order valence-electron chi connectivity index (χ0n) is 23.2. The summed E-state index contributed by atoms with van der Waals surface area (Å²) in [5.74, 6) is 0.0589. The number of aryl methyl sites for hydroxylation is 2. The second-order valence-electron chi connectivity index (χ2n) is 10.2. The van der Waals surface area contributed by atoms with Gasteiger partial charge in [0.05, 0.1) is 19.1 Å². The molecule has 2 aromatic carbocycles. The highest BCUT2D eigenvalue weighted by Crippen LogP contribution is 2.25. The fourth-order valence-electron chi connectivity index (χ4n) is 4.97. The van der Waals surface area contributed by atoms with E-state index in [0.717, 1.165) is 52.9 Å². The molecule has 1 fully saturated rings. The van der Waals surface area contributed by atoms with Crippen LogP contribution in [0.3, 0.4) is 0 Å². The smallest absolute Gasteiger partial charge is 0.244 e. The summed E-state index contributed by atoms with van der Waals surface area (Å²) >= 11 is 0. The van der Waals surface area contributed by atoms with Crippen molar-refractivity contribution >= 4 is 27.5 Å². The molecule has 0 unspecified atom stereocenters. The van der Waals surface area contributed by atoms with Crippen LogP contribution in [-0.4, -0.2) is 57.1 Å². The van der Waals surface area contributed by atoms with Crippen LogP contribution in [0.15, 0.2) is 42.5 Å². The lowest BCUT2D eigenvalue weighted by atomic mass is 9.95. The van der Waals surface area contributed by atoms with Crippen LogP contribution in [0.4, 0.5) is 5.69 Å². The molecule has 0 radical (unpaired) electrons. The number of carbonyl (C=O) groups is 2. The quantitative estimate of drug-likeness (QED) is 0.455. The molecule has 0 heterocycles. The predicted octanol–water partition coefficient (Wildman–Crippen LogP) is 4.33. The Balaban J connectivity index is 1.94. The summed E-state index contributed by atoms with van der Waals surface area (Å²) in [5, 5.41) is 3.16. The number of methoxy groups -OCH3 is 1. The van der Waals surface area contributed by atoms with Crippen LogP contribution in [0.2, 0.25) is 0 Å². The molecule has 38 heavy (non-hydrogen) atoms. The largest absolute Gasteiger partial charge is 0.497 e. The molecule has 1 aliphatic carbocycles. The van der Waals surface area contributed by atoms with Crippen LogP contribution in [0.5, 0.6) is 5.75 Å². The first-order valence-electron chi connectivity index (χ1n) is 13.3. The second kappa shape index (κ2) is 13.1. The third-order valence-corrected chi connectivity index (χ3v) is 8.29. The monoisotopic (exact) mass is 543 g/mol. The van der Waals surface area contributed by atoms with Crippen molar-refractivity contribution in [2.24, 2.45) is 0 Å². The van der Waals surface area contributed by atoms with Crippen LogP contribution >= 0.6 is 0 Å². The molecule has 8 nitrogen and oxygen atoms in total. The van der Waals surface area contributed by atoms with Crippen molar-refractivity contribution in [1.82, 2.24) is 10.2 Å². The van der Waals surface area contributed by atoms with E-state index in [0.29, 0.717) is 17.9 Å². The first kappa shape index (κ1) is 29.5. The van der Waals surface area contributed by atoms with Gasteiger partial charge in [-0.2, -0.15) is 0 Å².